The van der Waals surface area contributed by atoms with Crippen LogP contribution in [0.4, 0.5) is 13.2 Å². The summed E-state index contributed by atoms with van der Waals surface area (Å²) in [6.45, 7) is 0.113. The maximum atomic E-state index is 12.6. The molecule has 1 aliphatic rings. The Hall–Kier alpha value is -1.83. The van der Waals surface area contributed by atoms with Crippen LogP contribution in [0.2, 0.25) is 0 Å². The monoisotopic (exact) mass is 316 g/mol. The number of likely N-dealkylation sites (tertiary alicyclic amines) is 1. The number of aromatic nitrogens is 1. The summed E-state index contributed by atoms with van der Waals surface area (Å²) >= 11 is 1.33. The molecule has 0 aliphatic carbocycles. The van der Waals surface area contributed by atoms with E-state index >= 15 is 0 Å². The van der Waals surface area contributed by atoms with Gasteiger partial charge in [0, 0.05) is 17.5 Å². The number of carbonyl (C=O) groups is 1. The quantitative estimate of drug-likeness (QED) is 0.850. The Morgan fingerprint density at radius 2 is 2.29 bits per heavy atom. The highest BCUT2D eigenvalue weighted by molar-refractivity contribution is 7.13. The Balaban J connectivity index is 1.84. The normalized spacial score (nSPS) is 19.2. The van der Waals surface area contributed by atoms with Crippen LogP contribution in [0, 0.1) is 0 Å². The van der Waals surface area contributed by atoms with Crippen LogP contribution in [-0.2, 0) is 4.79 Å². The summed E-state index contributed by atoms with van der Waals surface area (Å²) in [6.07, 6.45) is -0.769. The highest BCUT2D eigenvalue weighted by atomic mass is 32.1. The van der Waals surface area contributed by atoms with Gasteiger partial charge < -0.3 is 9.32 Å². The third-order valence-electron chi connectivity index (χ3n) is 3.39. The summed E-state index contributed by atoms with van der Waals surface area (Å²) in [7, 11) is 0. The lowest BCUT2D eigenvalue weighted by Gasteiger charge is -2.24. The lowest BCUT2D eigenvalue weighted by molar-refractivity contribution is -0.186. The van der Waals surface area contributed by atoms with Crippen LogP contribution in [0.15, 0.2) is 28.4 Å². The molecule has 2 aromatic heterocycles. The average molecular weight is 316 g/mol. The fourth-order valence-corrected chi connectivity index (χ4v) is 3.29. The van der Waals surface area contributed by atoms with Crippen molar-refractivity contribution in [1.82, 2.24) is 9.88 Å². The minimum atomic E-state index is -4.84. The van der Waals surface area contributed by atoms with Gasteiger partial charge >= 0.3 is 12.1 Å². The number of halogens is 3. The van der Waals surface area contributed by atoms with Gasteiger partial charge in [0.1, 0.15) is 11.3 Å². The van der Waals surface area contributed by atoms with E-state index in [1.165, 1.54) is 23.9 Å². The van der Waals surface area contributed by atoms with Crippen molar-refractivity contribution in [2.75, 3.05) is 6.54 Å². The molecule has 3 rings (SSSR count). The molecule has 0 radical (unpaired) electrons. The highest BCUT2D eigenvalue weighted by Gasteiger charge is 2.46. The minimum Gasteiger partial charge on any atom is -0.472 e. The van der Waals surface area contributed by atoms with Gasteiger partial charge in [-0.2, -0.15) is 13.2 Å². The summed E-state index contributed by atoms with van der Waals surface area (Å²) in [5.74, 6) is -1.79. The van der Waals surface area contributed by atoms with E-state index in [0.29, 0.717) is 23.5 Å². The molecule has 1 atom stereocenters. The van der Waals surface area contributed by atoms with Crippen molar-refractivity contribution in [2.45, 2.75) is 25.1 Å². The summed E-state index contributed by atoms with van der Waals surface area (Å²) in [5, 5.41) is 2.37. The Bertz CT molecular complexity index is 636. The molecule has 0 N–H and O–H groups in total. The number of carbonyl (C=O) groups excluding carboxylic acids is 1. The van der Waals surface area contributed by atoms with Gasteiger partial charge in [-0.1, -0.05) is 0 Å². The van der Waals surface area contributed by atoms with Crippen molar-refractivity contribution in [2.24, 2.45) is 0 Å². The molecule has 112 valence electrons. The molecule has 0 saturated carbocycles. The molecule has 8 heteroatoms. The third kappa shape index (κ3) is 2.67. The molecule has 1 amide bonds. The van der Waals surface area contributed by atoms with E-state index in [4.69, 9.17) is 4.42 Å². The van der Waals surface area contributed by atoms with E-state index < -0.39 is 18.1 Å². The maximum Gasteiger partial charge on any atom is 0.471 e. The number of amides is 1. The fourth-order valence-electron chi connectivity index (χ4n) is 2.44. The van der Waals surface area contributed by atoms with Crippen molar-refractivity contribution in [3.05, 3.63) is 29.7 Å². The van der Waals surface area contributed by atoms with Crippen LogP contribution < -0.4 is 0 Å². The van der Waals surface area contributed by atoms with Gasteiger partial charge in [-0.3, -0.25) is 4.79 Å². The van der Waals surface area contributed by atoms with E-state index in [1.54, 1.807) is 11.4 Å². The van der Waals surface area contributed by atoms with E-state index in [9.17, 15) is 18.0 Å². The molecule has 1 aliphatic heterocycles. The molecule has 2 aromatic rings. The number of alkyl halides is 3. The van der Waals surface area contributed by atoms with Gasteiger partial charge in [0.2, 0.25) is 0 Å². The molecule has 0 spiro atoms. The largest absolute Gasteiger partial charge is 0.472 e. The molecule has 4 nitrogen and oxygen atoms in total. The third-order valence-corrected chi connectivity index (χ3v) is 4.30. The number of rotatable bonds is 2. The Morgan fingerprint density at radius 3 is 2.95 bits per heavy atom. The second-order valence-corrected chi connectivity index (χ2v) is 5.60. The summed E-state index contributed by atoms with van der Waals surface area (Å²) in [4.78, 5) is 16.7. The zero-order valence-electron chi connectivity index (χ0n) is 10.8. The van der Waals surface area contributed by atoms with Crippen molar-refractivity contribution >= 4 is 17.2 Å². The van der Waals surface area contributed by atoms with Gasteiger partial charge in [-0.25, -0.2) is 4.98 Å². The second-order valence-electron chi connectivity index (χ2n) is 4.74. The van der Waals surface area contributed by atoms with Crippen LogP contribution in [0.1, 0.15) is 24.6 Å². The van der Waals surface area contributed by atoms with E-state index in [-0.39, 0.29) is 6.54 Å². The van der Waals surface area contributed by atoms with Gasteiger partial charge in [0.05, 0.1) is 18.0 Å². The molecular weight excluding hydrogens is 305 g/mol. The van der Waals surface area contributed by atoms with Crippen LogP contribution in [0.5, 0.6) is 0 Å². The number of hydrogen-bond donors (Lipinski definition) is 0. The Morgan fingerprint density at radius 1 is 1.48 bits per heavy atom. The molecule has 3 heterocycles. The number of hydrogen-bond acceptors (Lipinski definition) is 4. The number of furan rings is 1. The zero-order valence-corrected chi connectivity index (χ0v) is 11.6. The zero-order chi connectivity index (χ0) is 15.0. The second kappa shape index (κ2) is 5.18. The first kappa shape index (κ1) is 14.1. The topological polar surface area (TPSA) is 46.3 Å². The van der Waals surface area contributed by atoms with Crippen molar-refractivity contribution < 1.29 is 22.4 Å². The molecular formula is C13H11F3N2O2S. The van der Waals surface area contributed by atoms with E-state index in [0.717, 1.165) is 10.5 Å². The standard InChI is InChI=1S/C13H11F3N2O2S/c14-13(15,16)12(19)18-4-1-2-10(18)9-7-21-11(17-9)8-3-5-20-6-8/h3,5-7,10H,1-2,4H2/t10-/m1/s1. The first-order valence-electron chi connectivity index (χ1n) is 6.32. The van der Waals surface area contributed by atoms with Crippen LogP contribution >= 0.6 is 11.3 Å². The van der Waals surface area contributed by atoms with Crippen LogP contribution in [-0.4, -0.2) is 28.5 Å². The predicted molar refractivity (Wildman–Crippen MR) is 69.6 cm³/mol. The van der Waals surface area contributed by atoms with Crippen molar-refractivity contribution in [3.8, 4) is 10.6 Å². The first-order valence-corrected chi connectivity index (χ1v) is 7.20. The predicted octanol–water partition coefficient (Wildman–Crippen LogP) is 3.63. The minimum absolute atomic E-state index is 0.113. The highest BCUT2D eigenvalue weighted by Crippen LogP contribution is 2.37. The lowest BCUT2D eigenvalue weighted by atomic mass is 10.1. The molecule has 21 heavy (non-hydrogen) atoms. The van der Waals surface area contributed by atoms with Crippen LogP contribution in [0.3, 0.4) is 0 Å². The maximum absolute atomic E-state index is 12.6. The Kier molecular flexibility index (Phi) is 3.48. The summed E-state index contributed by atoms with van der Waals surface area (Å²) < 4.78 is 42.8. The fraction of sp³-hybridized carbons (Fsp3) is 0.385. The smallest absolute Gasteiger partial charge is 0.471 e. The van der Waals surface area contributed by atoms with Gasteiger partial charge in [0.25, 0.3) is 0 Å². The molecule has 0 bridgehead atoms. The van der Waals surface area contributed by atoms with Gasteiger partial charge in [0.15, 0.2) is 0 Å². The van der Waals surface area contributed by atoms with Gasteiger partial charge in [-0.05, 0) is 18.9 Å². The summed E-state index contributed by atoms with van der Waals surface area (Å²) in [5.41, 5.74) is 1.28. The molecule has 0 aromatic carbocycles. The van der Waals surface area contributed by atoms with Crippen molar-refractivity contribution in [1.29, 1.82) is 0 Å². The molecule has 1 fully saturated rings. The number of thiazole rings is 1. The van der Waals surface area contributed by atoms with E-state index in [2.05, 4.69) is 4.98 Å². The van der Waals surface area contributed by atoms with Crippen molar-refractivity contribution in [3.63, 3.8) is 0 Å². The molecule has 0 unspecified atom stereocenters. The summed E-state index contributed by atoms with van der Waals surface area (Å²) in [6, 6.07) is 1.13. The first-order chi connectivity index (χ1) is 9.97. The number of nitrogens with zero attached hydrogens (tertiary/aromatic N) is 2. The van der Waals surface area contributed by atoms with E-state index in [1.807, 2.05) is 0 Å². The SMILES string of the molecule is O=C(N1CCC[C@@H]1c1csc(-c2ccoc2)n1)C(F)(F)F. The van der Waals surface area contributed by atoms with Crippen LogP contribution in [0.25, 0.3) is 10.6 Å². The average Bonchev–Trinajstić information content (AvgIpc) is 3.16. The van der Waals surface area contributed by atoms with Gasteiger partial charge in [-0.15, -0.1) is 11.3 Å². The Labute approximate surface area is 122 Å². The molecule has 1 saturated heterocycles. The lowest BCUT2D eigenvalue weighted by Crippen LogP contribution is -2.40.